The van der Waals surface area contributed by atoms with Gasteiger partial charge in [-0.2, -0.15) is 0 Å². The molecule has 0 amide bonds. The summed E-state index contributed by atoms with van der Waals surface area (Å²) in [6.07, 6.45) is 0. The molecule has 8 heteroatoms. The number of benzene rings is 1. The van der Waals surface area contributed by atoms with E-state index < -0.39 is 26.0 Å². The van der Waals surface area contributed by atoms with Gasteiger partial charge in [-0.05, 0) is 0 Å². The van der Waals surface area contributed by atoms with Gasteiger partial charge in [0.05, 0.1) is 0 Å². The second-order valence-electron chi connectivity index (χ2n) is 3.94. The molecule has 0 saturated heterocycles. The maximum absolute atomic E-state index is 12.7. The maximum atomic E-state index is 12.7. The average molecular weight is 383 g/mol. The van der Waals surface area contributed by atoms with Gasteiger partial charge in [0, 0.05) is 0 Å². The third-order valence-corrected chi connectivity index (χ3v) is 4.33. The number of halogens is 4. The second-order valence-corrected chi connectivity index (χ2v) is 6.69. The fraction of sp³-hybridized carbons (Fsp3) is 0.231. The molecule has 0 aliphatic heterocycles. The normalized spacial score (nSPS) is 11.7. The molecular formula is C13H9ClF3NO2Se. The molecule has 0 fully saturated rings. The molecule has 0 N–H and O–H groups in total. The second kappa shape index (κ2) is 6.22. The van der Waals surface area contributed by atoms with Crippen molar-refractivity contribution < 1.29 is 22.7 Å². The van der Waals surface area contributed by atoms with E-state index in [1.807, 2.05) is 0 Å². The first kappa shape index (κ1) is 16.1. The third-order valence-electron chi connectivity index (χ3n) is 2.44. The van der Waals surface area contributed by atoms with E-state index in [0.29, 0.717) is 10.4 Å². The third kappa shape index (κ3) is 4.09. The Morgan fingerprint density at radius 1 is 1.38 bits per heavy atom. The Bertz CT molecular complexity index is 691. The molecule has 0 atom stereocenters. The number of aromatic nitrogens is 1. The van der Waals surface area contributed by atoms with Crippen LogP contribution in [0, 0.1) is 0 Å². The molecule has 21 heavy (non-hydrogen) atoms. The Morgan fingerprint density at radius 3 is 2.71 bits per heavy atom. The van der Waals surface area contributed by atoms with Crippen LogP contribution in [0.3, 0.4) is 0 Å². The van der Waals surface area contributed by atoms with E-state index in [9.17, 15) is 18.0 Å². The van der Waals surface area contributed by atoms with Crippen molar-refractivity contribution in [3.63, 3.8) is 0 Å². The number of nitrogens with zero attached hydrogens (tertiary/aromatic N) is 1. The van der Waals surface area contributed by atoms with Crippen molar-refractivity contribution in [3.05, 3.63) is 35.0 Å². The number of ether oxygens (including phenoxy) is 1. The molecular weight excluding hydrogens is 374 g/mol. The summed E-state index contributed by atoms with van der Waals surface area (Å²) in [5, 5.41) is -3.73. The average Bonchev–Trinajstić information content (AvgIpc) is 2.37. The number of fused-ring (bicyclic) bond motifs is 1. The van der Waals surface area contributed by atoms with Crippen molar-refractivity contribution in [3.8, 4) is 0 Å². The molecule has 2 aromatic rings. The first-order valence-corrected chi connectivity index (χ1v) is 7.92. The molecule has 0 bridgehead atoms. The SMILES string of the molecule is CCOC(=O)c1cc([Se]C(F)(F)F)c2cc(Cl)ccc2n1. The number of hydrogen-bond acceptors (Lipinski definition) is 3. The summed E-state index contributed by atoms with van der Waals surface area (Å²) < 4.78 is 42.9. The molecule has 0 aliphatic carbocycles. The predicted molar refractivity (Wildman–Crippen MR) is 74.2 cm³/mol. The van der Waals surface area contributed by atoms with Crippen LogP contribution in [0.1, 0.15) is 17.4 Å². The van der Waals surface area contributed by atoms with Gasteiger partial charge in [-0.25, -0.2) is 0 Å². The minimum absolute atomic E-state index is 0.00514. The van der Waals surface area contributed by atoms with Gasteiger partial charge in [0.1, 0.15) is 0 Å². The van der Waals surface area contributed by atoms with Crippen LogP contribution in [0.4, 0.5) is 13.2 Å². The molecule has 0 spiro atoms. The standard InChI is InChI=1S/C13H9ClF3NO2Se/c1-2-20-12(19)10-6-11(21-13(15,16)17)8-5-7(14)3-4-9(8)18-10/h3-6H,2H2,1H3. The summed E-state index contributed by atoms with van der Waals surface area (Å²) in [7, 11) is 0. The monoisotopic (exact) mass is 383 g/mol. The summed E-state index contributed by atoms with van der Waals surface area (Å²) in [4.78, 5) is 15.7. The van der Waals surface area contributed by atoms with Crippen molar-refractivity contribution in [1.29, 1.82) is 0 Å². The van der Waals surface area contributed by atoms with Crippen molar-refractivity contribution in [2.45, 2.75) is 12.0 Å². The van der Waals surface area contributed by atoms with Gasteiger partial charge in [0.25, 0.3) is 0 Å². The van der Waals surface area contributed by atoms with Gasteiger partial charge < -0.3 is 0 Å². The molecule has 0 saturated carbocycles. The summed E-state index contributed by atoms with van der Waals surface area (Å²) in [5.74, 6) is -0.742. The van der Waals surface area contributed by atoms with Crippen LogP contribution in [-0.2, 0) is 4.74 Å². The van der Waals surface area contributed by atoms with Crippen molar-refractivity contribution in [1.82, 2.24) is 4.98 Å². The van der Waals surface area contributed by atoms with Gasteiger partial charge in [-0.1, -0.05) is 0 Å². The number of pyridine rings is 1. The van der Waals surface area contributed by atoms with Crippen LogP contribution in [0.15, 0.2) is 24.3 Å². The van der Waals surface area contributed by atoms with Crippen LogP contribution in [0.2, 0.25) is 5.02 Å². The van der Waals surface area contributed by atoms with Gasteiger partial charge >= 0.3 is 129 Å². The summed E-state index contributed by atoms with van der Waals surface area (Å²) >= 11 is 4.01. The van der Waals surface area contributed by atoms with Crippen LogP contribution < -0.4 is 4.46 Å². The fourth-order valence-electron chi connectivity index (χ4n) is 1.69. The minimum atomic E-state index is -4.34. The molecule has 1 aromatic heterocycles. The molecule has 0 unspecified atom stereocenters. The van der Waals surface area contributed by atoms with Gasteiger partial charge in [-0.15, -0.1) is 0 Å². The van der Waals surface area contributed by atoms with Crippen LogP contribution >= 0.6 is 11.6 Å². The van der Waals surface area contributed by atoms with Crippen LogP contribution in [0.5, 0.6) is 0 Å². The number of alkyl halides is 3. The summed E-state index contributed by atoms with van der Waals surface area (Å²) in [5.41, 5.74) is 0.152. The first-order valence-electron chi connectivity index (χ1n) is 5.83. The van der Waals surface area contributed by atoms with Gasteiger partial charge in [-0.3, -0.25) is 0 Å². The number of esters is 1. The quantitative estimate of drug-likeness (QED) is 0.605. The first-order chi connectivity index (χ1) is 9.80. The van der Waals surface area contributed by atoms with E-state index in [1.165, 1.54) is 18.2 Å². The van der Waals surface area contributed by atoms with E-state index in [0.717, 1.165) is 6.07 Å². The Labute approximate surface area is 129 Å². The van der Waals surface area contributed by atoms with Crippen molar-refractivity contribution in [2.24, 2.45) is 0 Å². The zero-order chi connectivity index (χ0) is 15.6. The van der Waals surface area contributed by atoms with Gasteiger partial charge in [0.15, 0.2) is 0 Å². The summed E-state index contributed by atoms with van der Waals surface area (Å²) in [6, 6.07) is 5.54. The molecule has 1 heterocycles. The fourth-order valence-corrected chi connectivity index (χ4v) is 3.31. The number of rotatable bonds is 3. The molecule has 3 nitrogen and oxygen atoms in total. The Kier molecular flexibility index (Phi) is 4.76. The van der Waals surface area contributed by atoms with E-state index in [1.54, 1.807) is 6.92 Å². The zero-order valence-electron chi connectivity index (χ0n) is 10.7. The van der Waals surface area contributed by atoms with E-state index in [2.05, 4.69) is 4.98 Å². The predicted octanol–water partition coefficient (Wildman–Crippen LogP) is 2.91. The Balaban J connectivity index is 2.60. The van der Waals surface area contributed by atoms with Crippen molar-refractivity contribution in [2.75, 3.05) is 6.61 Å². The van der Waals surface area contributed by atoms with Crippen LogP contribution in [0.25, 0.3) is 10.9 Å². The molecule has 1 aromatic carbocycles. The topological polar surface area (TPSA) is 39.2 Å². The molecule has 0 radical (unpaired) electrons. The van der Waals surface area contributed by atoms with E-state index in [4.69, 9.17) is 16.3 Å². The van der Waals surface area contributed by atoms with Crippen molar-refractivity contribution >= 4 is 47.9 Å². The van der Waals surface area contributed by atoms with Crippen LogP contribution in [-0.4, -0.2) is 37.6 Å². The van der Waals surface area contributed by atoms with E-state index >= 15 is 0 Å². The molecule has 2 rings (SSSR count). The number of hydrogen-bond donors (Lipinski definition) is 0. The molecule has 112 valence electrons. The number of carbonyl (C=O) groups is 1. The van der Waals surface area contributed by atoms with E-state index in [-0.39, 0.29) is 22.3 Å². The summed E-state index contributed by atoms with van der Waals surface area (Å²) in [6.45, 7) is 1.73. The Hall–Kier alpha value is -1.30. The zero-order valence-corrected chi connectivity index (χ0v) is 13.2. The Morgan fingerprint density at radius 2 is 2.10 bits per heavy atom. The number of carbonyl (C=O) groups excluding carboxylic acids is 1. The molecule has 0 aliphatic rings. The van der Waals surface area contributed by atoms with Gasteiger partial charge in [0.2, 0.25) is 0 Å².